The van der Waals surface area contributed by atoms with Crippen LogP contribution in [0.15, 0.2) is 31.3 Å². The zero-order chi connectivity index (χ0) is 15.1. The molecule has 2 rings (SSSR count). The van der Waals surface area contributed by atoms with Gasteiger partial charge in [0.15, 0.2) is 0 Å². The highest BCUT2D eigenvalue weighted by atomic mass is 32.3. The molecule has 20 heavy (non-hydrogen) atoms. The van der Waals surface area contributed by atoms with Gasteiger partial charge in [0, 0.05) is 23.3 Å². The molecule has 0 saturated heterocycles. The summed E-state index contributed by atoms with van der Waals surface area (Å²) in [5, 5.41) is 4.26. The van der Waals surface area contributed by atoms with Gasteiger partial charge in [-0.05, 0) is 32.7 Å². The predicted octanol–water partition coefficient (Wildman–Crippen LogP) is 5.57. The van der Waals surface area contributed by atoms with Crippen LogP contribution in [-0.2, 0) is 22.0 Å². The van der Waals surface area contributed by atoms with Gasteiger partial charge in [0.05, 0.1) is 0 Å². The van der Waals surface area contributed by atoms with E-state index < -0.39 is 11.2 Å². The van der Waals surface area contributed by atoms with E-state index in [0.717, 1.165) is 8.42 Å². The lowest BCUT2D eigenvalue weighted by Crippen LogP contribution is -2.10. The highest BCUT2D eigenvalue weighted by Crippen LogP contribution is 2.36. The molecular weight excluding hydrogens is 304 g/mol. The van der Waals surface area contributed by atoms with Crippen molar-refractivity contribution in [1.29, 1.82) is 0 Å². The van der Waals surface area contributed by atoms with Crippen molar-refractivity contribution in [3.05, 3.63) is 34.0 Å². The van der Waals surface area contributed by atoms with Gasteiger partial charge in [0.2, 0.25) is 8.42 Å². The summed E-state index contributed by atoms with van der Waals surface area (Å²) < 4.78 is 14.6. The second-order valence-corrected chi connectivity index (χ2v) is 10.8. The van der Waals surface area contributed by atoms with Crippen LogP contribution in [-0.4, -0.2) is 4.55 Å². The Kier molecular flexibility index (Phi) is 4.41. The fourth-order valence-corrected chi connectivity index (χ4v) is 5.78. The predicted molar refractivity (Wildman–Crippen MR) is 90.7 cm³/mol. The Bertz CT molecular complexity index is 529. The molecular formula is C16H22OS3. The minimum absolute atomic E-state index is 0.116. The van der Waals surface area contributed by atoms with Crippen LogP contribution in [0.25, 0.3) is 0 Å². The van der Waals surface area contributed by atoms with Gasteiger partial charge in [-0.2, -0.15) is 0 Å². The first-order valence-electron chi connectivity index (χ1n) is 6.69. The summed E-state index contributed by atoms with van der Waals surface area (Å²) in [4.78, 5) is 0. The third-order valence-electron chi connectivity index (χ3n) is 3.25. The monoisotopic (exact) mass is 326 g/mol. The Morgan fingerprint density at radius 2 is 1.15 bits per heavy atom. The lowest BCUT2D eigenvalue weighted by atomic mass is 9.90. The van der Waals surface area contributed by atoms with Crippen molar-refractivity contribution >= 4 is 33.8 Å². The van der Waals surface area contributed by atoms with E-state index in [4.69, 9.17) is 0 Å². The molecule has 0 atom stereocenters. The van der Waals surface area contributed by atoms with Crippen LogP contribution in [0, 0.1) is 0 Å². The molecule has 4 heteroatoms. The van der Waals surface area contributed by atoms with Crippen molar-refractivity contribution in [3.63, 3.8) is 0 Å². The molecule has 1 nitrogen and oxygen atoms in total. The Hall–Kier alpha value is -0.290. The maximum atomic E-state index is 12.7. The first kappa shape index (κ1) is 16.1. The van der Waals surface area contributed by atoms with Gasteiger partial charge >= 0.3 is 0 Å². The fourth-order valence-electron chi connectivity index (χ4n) is 1.71. The third-order valence-corrected chi connectivity index (χ3v) is 7.14. The first-order valence-corrected chi connectivity index (χ1v) is 9.60. The molecule has 2 heterocycles. The molecule has 0 aliphatic rings. The summed E-state index contributed by atoms with van der Waals surface area (Å²) >= 11 is 2.17. The van der Waals surface area contributed by atoms with E-state index in [-0.39, 0.29) is 10.8 Å². The SMILES string of the molecule is CC(C)(C)c1csc([S+]([O-])c2cc(C(C)(C)C)cs2)c1. The normalized spacial score (nSPS) is 13.2. The van der Waals surface area contributed by atoms with E-state index in [1.807, 2.05) is 0 Å². The lowest BCUT2D eigenvalue weighted by molar-refractivity contribution is 0.587. The van der Waals surface area contributed by atoms with Gasteiger partial charge in [-0.15, -0.1) is 0 Å². The van der Waals surface area contributed by atoms with Crippen LogP contribution in [0.4, 0.5) is 0 Å². The van der Waals surface area contributed by atoms with Crippen LogP contribution in [0.3, 0.4) is 0 Å². The minimum Gasteiger partial charge on any atom is -0.605 e. The van der Waals surface area contributed by atoms with Gasteiger partial charge in [0.25, 0.3) is 0 Å². The highest BCUT2D eigenvalue weighted by molar-refractivity contribution is 7.95. The van der Waals surface area contributed by atoms with E-state index >= 15 is 0 Å². The summed E-state index contributed by atoms with van der Waals surface area (Å²) in [6, 6.07) is 4.19. The Morgan fingerprint density at radius 3 is 1.40 bits per heavy atom. The van der Waals surface area contributed by atoms with Crippen LogP contribution >= 0.6 is 22.7 Å². The Balaban J connectivity index is 2.25. The van der Waals surface area contributed by atoms with E-state index in [0.29, 0.717) is 0 Å². The minimum atomic E-state index is -1.04. The zero-order valence-corrected chi connectivity index (χ0v) is 15.4. The van der Waals surface area contributed by atoms with Gasteiger partial charge in [0.1, 0.15) is 0 Å². The molecule has 0 unspecified atom stereocenters. The van der Waals surface area contributed by atoms with Crippen LogP contribution in [0.5, 0.6) is 0 Å². The molecule has 2 aromatic rings. The maximum absolute atomic E-state index is 12.7. The number of rotatable bonds is 2. The molecule has 110 valence electrons. The summed E-state index contributed by atoms with van der Waals surface area (Å²) in [6.45, 7) is 13.1. The largest absolute Gasteiger partial charge is 0.605 e. The van der Waals surface area contributed by atoms with Crippen LogP contribution in [0.2, 0.25) is 0 Å². The molecule has 0 aliphatic heterocycles. The lowest BCUT2D eigenvalue weighted by Gasteiger charge is -2.16. The van der Waals surface area contributed by atoms with Gasteiger partial charge < -0.3 is 4.55 Å². The van der Waals surface area contributed by atoms with E-state index in [9.17, 15) is 4.55 Å². The summed E-state index contributed by atoms with van der Waals surface area (Å²) in [6.07, 6.45) is 0. The van der Waals surface area contributed by atoms with Crippen LogP contribution < -0.4 is 0 Å². The number of hydrogen-bond donors (Lipinski definition) is 0. The third kappa shape index (κ3) is 3.48. The van der Waals surface area contributed by atoms with Crippen molar-refractivity contribution in [2.75, 3.05) is 0 Å². The van der Waals surface area contributed by atoms with E-state index in [1.54, 1.807) is 22.7 Å². The average Bonchev–Trinajstić information content (AvgIpc) is 2.96. The number of thiophene rings is 2. The van der Waals surface area contributed by atoms with Crippen molar-refractivity contribution in [1.82, 2.24) is 0 Å². The molecule has 0 radical (unpaired) electrons. The average molecular weight is 327 g/mol. The topological polar surface area (TPSA) is 23.1 Å². The standard InChI is InChI=1S/C16H22OS3/c1-15(2,3)11-7-13(18-9-11)20(17)14-8-12(10-19-14)16(4,5)6/h7-10H,1-6H3. The molecule has 0 N–H and O–H groups in total. The van der Waals surface area contributed by atoms with Crippen molar-refractivity contribution < 1.29 is 4.55 Å². The van der Waals surface area contributed by atoms with Gasteiger partial charge in [-0.1, -0.05) is 64.2 Å². The smallest absolute Gasteiger partial charge is 0.213 e. The maximum Gasteiger partial charge on any atom is 0.213 e. The molecule has 0 aromatic carbocycles. The van der Waals surface area contributed by atoms with E-state index in [2.05, 4.69) is 64.4 Å². The van der Waals surface area contributed by atoms with Crippen molar-refractivity contribution in [2.45, 2.75) is 60.8 Å². The molecule has 0 amide bonds. The molecule has 0 fully saturated rings. The highest BCUT2D eigenvalue weighted by Gasteiger charge is 2.25. The second-order valence-electron chi connectivity index (χ2n) is 7.08. The van der Waals surface area contributed by atoms with Crippen molar-refractivity contribution in [3.8, 4) is 0 Å². The second kappa shape index (κ2) is 5.48. The molecule has 0 bridgehead atoms. The fraction of sp³-hybridized carbons (Fsp3) is 0.500. The van der Waals surface area contributed by atoms with Crippen LogP contribution in [0.1, 0.15) is 52.7 Å². The quantitative estimate of drug-likeness (QED) is 0.661. The molecule has 0 spiro atoms. The summed E-state index contributed by atoms with van der Waals surface area (Å²) in [7, 11) is 0. The Morgan fingerprint density at radius 1 is 0.800 bits per heavy atom. The van der Waals surface area contributed by atoms with E-state index in [1.165, 1.54) is 11.1 Å². The van der Waals surface area contributed by atoms with Gasteiger partial charge in [-0.25, -0.2) is 0 Å². The number of hydrogen-bond acceptors (Lipinski definition) is 3. The Labute approximate surface area is 133 Å². The summed E-state index contributed by atoms with van der Waals surface area (Å²) in [5.41, 5.74) is 2.76. The summed E-state index contributed by atoms with van der Waals surface area (Å²) in [5.74, 6) is 0. The molecule has 0 aliphatic carbocycles. The molecule has 2 aromatic heterocycles. The van der Waals surface area contributed by atoms with Gasteiger partial charge in [-0.3, -0.25) is 0 Å². The van der Waals surface area contributed by atoms with Crippen molar-refractivity contribution in [2.24, 2.45) is 0 Å². The molecule has 0 saturated carbocycles. The zero-order valence-electron chi connectivity index (χ0n) is 12.9. The first-order chi connectivity index (χ1) is 9.09.